The zero-order chi connectivity index (χ0) is 13.1. The molecule has 18 heavy (non-hydrogen) atoms. The maximum Gasteiger partial charge on any atom is 0.181 e. The summed E-state index contributed by atoms with van der Waals surface area (Å²) in [7, 11) is 0. The van der Waals surface area contributed by atoms with Gasteiger partial charge in [-0.2, -0.15) is 0 Å². The smallest absolute Gasteiger partial charge is 0.181 e. The van der Waals surface area contributed by atoms with E-state index in [0.29, 0.717) is 6.54 Å². The largest absolute Gasteiger partial charge is 0.378 e. The molecule has 0 amide bonds. The van der Waals surface area contributed by atoms with Crippen molar-refractivity contribution in [2.75, 3.05) is 5.32 Å². The van der Waals surface area contributed by atoms with Gasteiger partial charge in [0, 0.05) is 11.0 Å². The highest BCUT2D eigenvalue weighted by Crippen LogP contribution is 2.21. The van der Waals surface area contributed by atoms with E-state index in [4.69, 9.17) is 0 Å². The molecular weight excluding hydrogens is 300 g/mol. The maximum absolute atomic E-state index is 13.4. The number of aryl methyl sites for hydroxylation is 1. The van der Waals surface area contributed by atoms with Crippen molar-refractivity contribution in [3.8, 4) is 0 Å². The molecule has 0 saturated carbocycles. The first-order valence-electron chi connectivity index (χ1n) is 5.51. The van der Waals surface area contributed by atoms with Crippen LogP contribution in [0.15, 0.2) is 40.9 Å². The molecule has 0 spiro atoms. The van der Waals surface area contributed by atoms with Gasteiger partial charge in [-0.3, -0.25) is 0 Å². The Hall–Kier alpha value is -1.42. The van der Waals surface area contributed by atoms with Gasteiger partial charge in [-0.15, -0.1) is 0 Å². The van der Waals surface area contributed by atoms with Crippen LogP contribution in [0.25, 0.3) is 0 Å². The van der Waals surface area contributed by atoms with Crippen LogP contribution in [0.3, 0.4) is 0 Å². The second kappa shape index (κ2) is 5.48. The highest BCUT2D eigenvalue weighted by Gasteiger charge is 2.07. The fraction of sp³-hybridized carbons (Fsp3) is 0.143. The first kappa shape index (κ1) is 13.0. The fourth-order valence-electron chi connectivity index (χ4n) is 1.63. The van der Waals surface area contributed by atoms with Gasteiger partial charge in [0.25, 0.3) is 0 Å². The molecule has 94 valence electrons. The summed E-state index contributed by atoms with van der Waals surface area (Å²) < 4.78 is 27.4. The van der Waals surface area contributed by atoms with E-state index in [-0.39, 0.29) is 5.69 Å². The SMILES string of the molecule is Cc1ccc(CNc2cccc(F)c2F)c(Br)c1. The molecule has 0 unspecified atom stereocenters. The minimum atomic E-state index is -0.847. The lowest BCUT2D eigenvalue weighted by Crippen LogP contribution is -2.03. The fourth-order valence-corrected chi connectivity index (χ4v) is 2.26. The molecule has 2 aromatic carbocycles. The molecular formula is C14H12BrF2N. The molecule has 1 N–H and O–H groups in total. The van der Waals surface area contributed by atoms with E-state index in [0.717, 1.165) is 21.7 Å². The summed E-state index contributed by atoms with van der Waals surface area (Å²) in [6.07, 6.45) is 0. The van der Waals surface area contributed by atoms with Crippen molar-refractivity contribution in [1.82, 2.24) is 0 Å². The van der Waals surface area contributed by atoms with Crippen molar-refractivity contribution < 1.29 is 8.78 Å². The molecule has 0 aliphatic heterocycles. The van der Waals surface area contributed by atoms with E-state index in [1.54, 1.807) is 0 Å². The monoisotopic (exact) mass is 311 g/mol. The van der Waals surface area contributed by atoms with Gasteiger partial charge in [-0.1, -0.05) is 34.1 Å². The van der Waals surface area contributed by atoms with Crippen molar-refractivity contribution in [2.24, 2.45) is 0 Å². The third-order valence-corrected chi connectivity index (χ3v) is 3.37. The Morgan fingerprint density at radius 3 is 2.67 bits per heavy atom. The Labute approximate surface area is 113 Å². The quantitative estimate of drug-likeness (QED) is 0.870. The van der Waals surface area contributed by atoms with Crippen LogP contribution in [0.5, 0.6) is 0 Å². The van der Waals surface area contributed by atoms with Crippen molar-refractivity contribution in [3.05, 3.63) is 63.6 Å². The van der Waals surface area contributed by atoms with E-state index in [2.05, 4.69) is 21.2 Å². The molecule has 0 atom stereocenters. The lowest BCUT2D eigenvalue weighted by Gasteiger charge is -2.10. The van der Waals surface area contributed by atoms with Crippen LogP contribution in [-0.4, -0.2) is 0 Å². The van der Waals surface area contributed by atoms with Crippen molar-refractivity contribution in [1.29, 1.82) is 0 Å². The first-order chi connectivity index (χ1) is 8.58. The molecule has 0 aliphatic rings. The van der Waals surface area contributed by atoms with Gasteiger partial charge in [0.15, 0.2) is 11.6 Å². The number of halogens is 3. The van der Waals surface area contributed by atoms with Gasteiger partial charge >= 0.3 is 0 Å². The van der Waals surface area contributed by atoms with Crippen LogP contribution in [0.4, 0.5) is 14.5 Å². The zero-order valence-corrected chi connectivity index (χ0v) is 11.4. The van der Waals surface area contributed by atoms with E-state index in [1.165, 1.54) is 12.1 Å². The lowest BCUT2D eigenvalue weighted by atomic mass is 10.1. The van der Waals surface area contributed by atoms with Gasteiger partial charge in [0.1, 0.15) is 0 Å². The molecule has 2 rings (SSSR count). The summed E-state index contributed by atoms with van der Waals surface area (Å²) in [5.74, 6) is -1.69. The number of nitrogens with one attached hydrogen (secondary N) is 1. The summed E-state index contributed by atoms with van der Waals surface area (Å²) in [5, 5.41) is 2.89. The molecule has 0 fully saturated rings. The normalized spacial score (nSPS) is 10.4. The van der Waals surface area contributed by atoms with Crippen LogP contribution in [0, 0.1) is 18.6 Å². The van der Waals surface area contributed by atoms with Crippen molar-refractivity contribution >= 4 is 21.6 Å². The van der Waals surface area contributed by atoms with E-state index < -0.39 is 11.6 Å². The Kier molecular flexibility index (Phi) is 3.97. The second-order valence-corrected chi connectivity index (χ2v) is 4.90. The Balaban J connectivity index is 2.14. The molecule has 0 bridgehead atoms. The van der Waals surface area contributed by atoms with Crippen LogP contribution in [0.2, 0.25) is 0 Å². The summed E-state index contributed by atoms with van der Waals surface area (Å²) in [4.78, 5) is 0. The lowest BCUT2D eigenvalue weighted by molar-refractivity contribution is 0.511. The van der Waals surface area contributed by atoms with E-state index >= 15 is 0 Å². The van der Waals surface area contributed by atoms with Crippen LogP contribution in [0.1, 0.15) is 11.1 Å². The predicted molar refractivity (Wildman–Crippen MR) is 72.6 cm³/mol. The minimum absolute atomic E-state index is 0.169. The van der Waals surface area contributed by atoms with Gasteiger partial charge < -0.3 is 5.32 Å². The maximum atomic E-state index is 13.4. The van der Waals surface area contributed by atoms with Crippen LogP contribution in [-0.2, 0) is 6.54 Å². The molecule has 0 radical (unpaired) electrons. The van der Waals surface area contributed by atoms with Gasteiger partial charge in [0.2, 0.25) is 0 Å². The topological polar surface area (TPSA) is 12.0 Å². The third kappa shape index (κ3) is 2.88. The second-order valence-electron chi connectivity index (χ2n) is 4.05. The Morgan fingerprint density at radius 2 is 1.94 bits per heavy atom. The van der Waals surface area contributed by atoms with Crippen molar-refractivity contribution in [2.45, 2.75) is 13.5 Å². The first-order valence-corrected chi connectivity index (χ1v) is 6.30. The van der Waals surface area contributed by atoms with Crippen LogP contribution < -0.4 is 5.32 Å². The highest BCUT2D eigenvalue weighted by molar-refractivity contribution is 9.10. The van der Waals surface area contributed by atoms with Crippen molar-refractivity contribution in [3.63, 3.8) is 0 Å². The Bertz CT molecular complexity index is 570. The van der Waals surface area contributed by atoms with E-state index in [1.807, 2.05) is 25.1 Å². The number of rotatable bonds is 3. The van der Waals surface area contributed by atoms with E-state index in [9.17, 15) is 8.78 Å². The number of hydrogen-bond donors (Lipinski definition) is 1. The summed E-state index contributed by atoms with van der Waals surface area (Å²) in [5.41, 5.74) is 2.30. The molecule has 0 saturated heterocycles. The van der Waals surface area contributed by atoms with Crippen LogP contribution >= 0.6 is 15.9 Å². The highest BCUT2D eigenvalue weighted by atomic mass is 79.9. The number of anilines is 1. The van der Waals surface area contributed by atoms with Gasteiger partial charge in [0.05, 0.1) is 5.69 Å². The molecule has 0 aromatic heterocycles. The predicted octanol–water partition coefficient (Wildman–Crippen LogP) is 4.65. The number of benzene rings is 2. The molecule has 1 nitrogen and oxygen atoms in total. The molecule has 2 aromatic rings. The average molecular weight is 312 g/mol. The zero-order valence-electron chi connectivity index (χ0n) is 9.81. The molecule has 0 aliphatic carbocycles. The average Bonchev–Trinajstić information content (AvgIpc) is 2.33. The Morgan fingerprint density at radius 1 is 1.17 bits per heavy atom. The minimum Gasteiger partial charge on any atom is -0.378 e. The number of hydrogen-bond acceptors (Lipinski definition) is 1. The molecule has 4 heteroatoms. The molecule has 0 heterocycles. The summed E-state index contributed by atoms with van der Waals surface area (Å²) >= 11 is 3.45. The van der Waals surface area contributed by atoms with Gasteiger partial charge in [-0.05, 0) is 36.2 Å². The van der Waals surface area contributed by atoms with Gasteiger partial charge in [-0.25, -0.2) is 8.78 Å². The standard InChI is InChI=1S/C14H12BrF2N/c1-9-5-6-10(11(15)7-9)8-18-13-4-2-3-12(16)14(13)17/h2-7,18H,8H2,1H3. The third-order valence-electron chi connectivity index (χ3n) is 2.63. The summed E-state index contributed by atoms with van der Waals surface area (Å²) in [6, 6.07) is 10.0. The summed E-state index contributed by atoms with van der Waals surface area (Å²) in [6.45, 7) is 2.43.